The highest BCUT2D eigenvalue weighted by Gasteiger charge is 2.60. The van der Waals surface area contributed by atoms with Crippen LogP contribution in [-0.2, 0) is 19.0 Å². The monoisotopic (exact) mass is 272 g/mol. The number of hydrogen-bond donors (Lipinski definition) is 0. The van der Waals surface area contributed by atoms with Gasteiger partial charge in [0.1, 0.15) is 6.10 Å². The molecule has 2 bridgehead atoms. The molecular weight excluding hydrogens is 244 g/mol. The standard InChI is InChI=1S/C13H20O4.2CH4/c1-4-13(2,3)12(14)17-10-8-5-7-6-15-11(10)9(7)16-8;;/h7-11H,4-6H2,1-3H3;2*1H4. The van der Waals surface area contributed by atoms with Crippen molar-refractivity contribution in [2.45, 2.75) is 72.9 Å². The highest BCUT2D eigenvalue weighted by atomic mass is 16.6. The number of hydrogen-bond acceptors (Lipinski definition) is 4. The number of esters is 1. The molecule has 0 amide bonds. The van der Waals surface area contributed by atoms with Crippen molar-refractivity contribution in [3.8, 4) is 0 Å². The summed E-state index contributed by atoms with van der Waals surface area (Å²) < 4.78 is 17.1. The second-order valence-electron chi connectivity index (χ2n) is 6.04. The zero-order valence-corrected chi connectivity index (χ0v) is 10.6. The van der Waals surface area contributed by atoms with E-state index in [9.17, 15) is 4.79 Å². The molecule has 3 aliphatic heterocycles. The van der Waals surface area contributed by atoms with E-state index in [0.717, 1.165) is 19.4 Å². The molecule has 3 heterocycles. The van der Waals surface area contributed by atoms with Gasteiger partial charge in [0.05, 0.1) is 24.2 Å². The van der Waals surface area contributed by atoms with E-state index < -0.39 is 5.41 Å². The summed E-state index contributed by atoms with van der Waals surface area (Å²) in [6.45, 7) is 6.60. The third-order valence-electron chi connectivity index (χ3n) is 4.53. The number of carbonyl (C=O) groups is 1. The fraction of sp³-hybridized carbons (Fsp3) is 0.933. The number of fused-ring (bicyclic) bond motifs is 1. The van der Waals surface area contributed by atoms with E-state index in [1.54, 1.807) is 0 Å². The number of rotatable bonds is 3. The lowest BCUT2D eigenvalue weighted by atomic mass is 9.87. The van der Waals surface area contributed by atoms with Crippen molar-refractivity contribution < 1.29 is 19.0 Å². The molecule has 0 aromatic rings. The van der Waals surface area contributed by atoms with Crippen molar-refractivity contribution in [1.82, 2.24) is 0 Å². The Labute approximate surface area is 116 Å². The van der Waals surface area contributed by atoms with Gasteiger partial charge in [-0.2, -0.15) is 0 Å². The van der Waals surface area contributed by atoms with Crippen molar-refractivity contribution in [3.05, 3.63) is 0 Å². The molecule has 0 saturated carbocycles. The zero-order valence-electron chi connectivity index (χ0n) is 10.6. The summed E-state index contributed by atoms with van der Waals surface area (Å²) >= 11 is 0. The van der Waals surface area contributed by atoms with Crippen LogP contribution in [0.2, 0.25) is 0 Å². The summed E-state index contributed by atoms with van der Waals surface area (Å²) in [4.78, 5) is 12.1. The summed E-state index contributed by atoms with van der Waals surface area (Å²) in [7, 11) is 0. The molecule has 0 aliphatic carbocycles. The fourth-order valence-corrected chi connectivity index (χ4v) is 2.91. The van der Waals surface area contributed by atoms with Crippen molar-refractivity contribution in [1.29, 1.82) is 0 Å². The van der Waals surface area contributed by atoms with Gasteiger partial charge in [0.25, 0.3) is 0 Å². The van der Waals surface area contributed by atoms with Gasteiger partial charge in [-0.3, -0.25) is 4.79 Å². The molecule has 112 valence electrons. The molecule has 19 heavy (non-hydrogen) atoms. The van der Waals surface area contributed by atoms with Gasteiger partial charge in [0.15, 0.2) is 6.10 Å². The Morgan fingerprint density at radius 3 is 2.63 bits per heavy atom. The summed E-state index contributed by atoms with van der Waals surface area (Å²) in [6.07, 6.45) is 1.79. The van der Waals surface area contributed by atoms with Crippen LogP contribution < -0.4 is 0 Å². The molecule has 0 N–H and O–H groups in total. The minimum Gasteiger partial charge on any atom is -0.456 e. The van der Waals surface area contributed by atoms with Gasteiger partial charge in [-0.1, -0.05) is 21.8 Å². The molecule has 0 aromatic carbocycles. The van der Waals surface area contributed by atoms with Gasteiger partial charge in [0, 0.05) is 5.92 Å². The largest absolute Gasteiger partial charge is 0.456 e. The summed E-state index contributed by atoms with van der Waals surface area (Å²) in [5, 5.41) is 0. The lowest BCUT2D eigenvalue weighted by Gasteiger charge is -2.28. The maximum absolute atomic E-state index is 12.1. The van der Waals surface area contributed by atoms with E-state index in [0.29, 0.717) is 5.92 Å². The van der Waals surface area contributed by atoms with Crippen LogP contribution in [0.1, 0.15) is 48.5 Å². The molecule has 5 unspecified atom stereocenters. The van der Waals surface area contributed by atoms with E-state index in [1.165, 1.54) is 0 Å². The van der Waals surface area contributed by atoms with E-state index in [-0.39, 0.29) is 45.2 Å². The minimum absolute atomic E-state index is 0. The summed E-state index contributed by atoms with van der Waals surface area (Å²) in [6, 6.07) is 0. The molecule has 3 aliphatic rings. The van der Waals surface area contributed by atoms with Crippen molar-refractivity contribution >= 4 is 5.97 Å². The average molecular weight is 272 g/mol. The predicted molar refractivity (Wildman–Crippen MR) is 73.9 cm³/mol. The van der Waals surface area contributed by atoms with Gasteiger partial charge in [-0.05, 0) is 26.7 Å². The van der Waals surface area contributed by atoms with E-state index >= 15 is 0 Å². The van der Waals surface area contributed by atoms with Crippen LogP contribution in [0, 0.1) is 11.3 Å². The quantitative estimate of drug-likeness (QED) is 0.741. The average Bonchev–Trinajstić information content (AvgIpc) is 2.89. The van der Waals surface area contributed by atoms with Crippen LogP contribution in [0.25, 0.3) is 0 Å². The molecule has 3 fully saturated rings. The molecular formula is C15H28O4. The molecule has 0 aromatic heterocycles. The molecule has 0 radical (unpaired) electrons. The fourth-order valence-electron chi connectivity index (χ4n) is 2.91. The highest BCUT2D eigenvalue weighted by molar-refractivity contribution is 5.76. The van der Waals surface area contributed by atoms with E-state index in [2.05, 4.69) is 0 Å². The normalized spacial score (nSPS) is 38.6. The van der Waals surface area contributed by atoms with Crippen molar-refractivity contribution in [2.75, 3.05) is 6.61 Å². The van der Waals surface area contributed by atoms with Crippen molar-refractivity contribution in [2.24, 2.45) is 11.3 Å². The van der Waals surface area contributed by atoms with Crippen LogP contribution in [0.4, 0.5) is 0 Å². The second kappa shape index (κ2) is 5.41. The number of ether oxygens (including phenoxy) is 3. The third-order valence-corrected chi connectivity index (χ3v) is 4.53. The smallest absolute Gasteiger partial charge is 0.311 e. The topological polar surface area (TPSA) is 44.8 Å². The van der Waals surface area contributed by atoms with Gasteiger partial charge in [-0.25, -0.2) is 0 Å². The SMILES string of the molecule is C.C.CCC(C)(C)C(=O)OC1C2CC3COC1C3O2. The Hall–Kier alpha value is -0.610. The summed E-state index contributed by atoms with van der Waals surface area (Å²) in [5.74, 6) is 0.396. The molecule has 0 spiro atoms. The van der Waals surface area contributed by atoms with Gasteiger partial charge < -0.3 is 14.2 Å². The Bertz CT molecular complexity index is 337. The maximum Gasteiger partial charge on any atom is 0.311 e. The molecule has 3 saturated heterocycles. The van der Waals surface area contributed by atoms with Crippen LogP contribution in [0.3, 0.4) is 0 Å². The first-order valence-electron chi connectivity index (χ1n) is 6.51. The van der Waals surface area contributed by atoms with Crippen LogP contribution in [0.5, 0.6) is 0 Å². The zero-order chi connectivity index (χ0) is 12.2. The van der Waals surface area contributed by atoms with Crippen LogP contribution in [-0.4, -0.2) is 37.0 Å². The third kappa shape index (κ3) is 2.40. The predicted octanol–water partition coefficient (Wildman–Crippen LogP) is 2.79. The second-order valence-corrected chi connectivity index (χ2v) is 6.04. The Morgan fingerprint density at radius 2 is 2.00 bits per heavy atom. The highest BCUT2D eigenvalue weighted by Crippen LogP contribution is 2.47. The lowest BCUT2D eigenvalue weighted by Crippen LogP contribution is -2.42. The van der Waals surface area contributed by atoms with Gasteiger partial charge in [-0.15, -0.1) is 0 Å². The van der Waals surface area contributed by atoms with Crippen LogP contribution in [0.15, 0.2) is 0 Å². The Balaban J connectivity index is 0.000000902. The first-order chi connectivity index (χ1) is 8.03. The first kappa shape index (κ1) is 16.4. The summed E-state index contributed by atoms with van der Waals surface area (Å²) in [5.41, 5.74) is -0.417. The first-order valence-corrected chi connectivity index (χ1v) is 6.51. The van der Waals surface area contributed by atoms with Crippen molar-refractivity contribution in [3.63, 3.8) is 0 Å². The van der Waals surface area contributed by atoms with Gasteiger partial charge in [0.2, 0.25) is 0 Å². The Kier molecular flexibility index (Phi) is 4.68. The maximum atomic E-state index is 12.1. The Morgan fingerprint density at radius 1 is 1.32 bits per heavy atom. The van der Waals surface area contributed by atoms with Gasteiger partial charge >= 0.3 is 5.97 Å². The minimum atomic E-state index is -0.417. The molecule has 5 atom stereocenters. The molecule has 3 rings (SSSR count). The van der Waals surface area contributed by atoms with Crippen LogP contribution >= 0.6 is 0 Å². The molecule has 4 heteroatoms. The lowest BCUT2D eigenvalue weighted by molar-refractivity contribution is -0.166. The van der Waals surface area contributed by atoms with E-state index in [1.807, 2.05) is 20.8 Å². The van der Waals surface area contributed by atoms with E-state index in [4.69, 9.17) is 14.2 Å². The number of carbonyl (C=O) groups excluding carboxylic acids is 1. The molecule has 4 nitrogen and oxygen atoms in total.